The Bertz CT molecular complexity index is 560. The highest BCUT2D eigenvalue weighted by Gasteiger charge is 2.25. The summed E-state index contributed by atoms with van der Waals surface area (Å²) in [4.78, 5) is 14.0. The monoisotopic (exact) mass is 274 g/mol. The van der Waals surface area contributed by atoms with Gasteiger partial charge in [-0.2, -0.15) is 0 Å². The van der Waals surface area contributed by atoms with E-state index in [-0.39, 0.29) is 12.5 Å². The first-order valence-electron chi connectivity index (χ1n) is 6.50. The summed E-state index contributed by atoms with van der Waals surface area (Å²) in [6.45, 7) is 1.21. The molecule has 0 aromatic heterocycles. The lowest BCUT2D eigenvalue weighted by Gasteiger charge is -2.16. The van der Waals surface area contributed by atoms with Gasteiger partial charge in [-0.1, -0.05) is 11.8 Å². The molecule has 1 fully saturated rings. The Kier molecular flexibility index (Phi) is 4.61. The topological polar surface area (TPSA) is 75.8 Å². The number of aliphatic hydroxyl groups excluding tert-OH is 1. The van der Waals surface area contributed by atoms with Crippen LogP contribution in [0.3, 0.4) is 0 Å². The fraction of sp³-hybridized carbons (Fsp3) is 0.400. The maximum Gasteiger partial charge on any atom is 0.253 e. The van der Waals surface area contributed by atoms with Crippen molar-refractivity contribution in [3.8, 4) is 17.6 Å². The summed E-state index contributed by atoms with van der Waals surface area (Å²) < 4.78 is 5.21. The average molecular weight is 274 g/mol. The van der Waals surface area contributed by atoms with Crippen LogP contribution < -0.4 is 10.5 Å². The summed E-state index contributed by atoms with van der Waals surface area (Å²) in [5.41, 5.74) is 6.55. The number of nitrogens with two attached hydrogens (primary N) is 1. The normalized spacial score (nSPS) is 17.6. The van der Waals surface area contributed by atoms with Gasteiger partial charge in [-0.15, -0.1) is 0 Å². The predicted octanol–water partition coefficient (Wildman–Crippen LogP) is 0.212. The van der Waals surface area contributed by atoms with Gasteiger partial charge in [0.1, 0.15) is 5.75 Å². The summed E-state index contributed by atoms with van der Waals surface area (Å²) in [6.07, 6.45) is 0.204. The average Bonchev–Trinajstić information content (AvgIpc) is 2.90. The minimum Gasteiger partial charge on any atom is -0.495 e. The Balaban J connectivity index is 2.26. The molecule has 0 radical (unpaired) electrons. The lowest BCUT2D eigenvalue weighted by molar-refractivity contribution is 0.0765. The number of nitrogens with zero attached hydrogens (tertiary/aromatic N) is 1. The summed E-state index contributed by atoms with van der Waals surface area (Å²) in [5, 5.41) is 9.50. The quantitative estimate of drug-likeness (QED) is 0.756. The number of aliphatic hydroxyl groups is 1. The van der Waals surface area contributed by atoms with E-state index in [4.69, 9.17) is 10.5 Å². The van der Waals surface area contributed by atoms with Crippen LogP contribution in [0.25, 0.3) is 0 Å². The van der Waals surface area contributed by atoms with E-state index in [0.29, 0.717) is 36.4 Å². The minimum absolute atomic E-state index is 0.0972. The van der Waals surface area contributed by atoms with Crippen molar-refractivity contribution in [1.82, 2.24) is 4.90 Å². The molecule has 0 aliphatic carbocycles. The molecule has 106 valence electrons. The number of benzene rings is 1. The zero-order valence-corrected chi connectivity index (χ0v) is 11.4. The predicted molar refractivity (Wildman–Crippen MR) is 75.5 cm³/mol. The van der Waals surface area contributed by atoms with Crippen molar-refractivity contribution in [1.29, 1.82) is 0 Å². The van der Waals surface area contributed by atoms with Gasteiger partial charge in [0.25, 0.3) is 5.91 Å². The third-order valence-electron chi connectivity index (χ3n) is 3.22. The second kappa shape index (κ2) is 6.42. The van der Waals surface area contributed by atoms with Crippen molar-refractivity contribution in [2.45, 2.75) is 12.5 Å². The van der Waals surface area contributed by atoms with E-state index in [1.165, 1.54) is 0 Å². The fourth-order valence-electron chi connectivity index (χ4n) is 2.19. The molecule has 1 aliphatic heterocycles. The number of hydrogen-bond donors (Lipinski definition) is 2. The maximum atomic E-state index is 12.3. The van der Waals surface area contributed by atoms with Gasteiger partial charge in [-0.25, -0.2) is 0 Å². The number of β-amino-alcohol motifs (C(OH)–C–C–N with tert-alkyl or cyclic N) is 1. The third kappa shape index (κ3) is 3.10. The first kappa shape index (κ1) is 14.4. The number of hydrogen-bond acceptors (Lipinski definition) is 4. The second-order valence-corrected chi connectivity index (χ2v) is 4.61. The molecule has 1 atom stereocenters. The summed E-state index contributed by atoms with van der Waals surface area (Å²) in [5.74, 6) is 6.17. The van der Waals surface area contributed by atoms with E-state index in [2.05, 4.69) is 11.8 Å². The van der Waals surface area contributed by atoms with Gasteiger partial charge in [0.15, 0.2) is 0 Å². The molecule has 1 unspecified atom stereocenters. The molecule has 2 rings (SSSR count). The van der Waals surface area contributed by atoms with Gasteiger partial charge in [-0.3, -0.25) is 4.79 Å². The van der Waals surface area contributed by atoms with Gasteiger partial charge >= 0.3 is 0 Å². The molecule has 5 heteroatoms. The van der Waals surface area contributed by atoms with E-state index >= 15 is 0 Å². The van der Waals surface area contributed by atoms with Crippen molar-refractivity contribution >= 4 is 5.91 Å². The molecule has 1 heterocycles. The Labute approximate surface area is 118 Å². The number of methoxy groups -OCH3 is 1. The highest BCUT2D eigenvalue weighted by atomic mass is 16.5. The number of likely N-dealkylation sites (tertiary alicyclic amines) is 1. The molecule has 1 saturated heterocycles. The first-order valence-corrected chi connectivity index (χ1v) is 6.50. The lowest BCUT2D eigenvalue weighted by atomic mass is 10.1. The van der Waals surface area contributed by atoms with E-state index in [1.807, 2.05) is 0 Å². The number of carbonyl (C=O) groups excluding carboxylic acids is 1. The van der Waals surface area contributed by atoms with E-state index < -0.39 is 6.10 Å². The van der Waals surface area contributed by atoms with E-state index in [1.54, 1.807) is 30.2 Å². The highest BCUT2D eigenvalue weighted by molar-refractivity contribution is 5.95. The molecule has 3 N–H and O–H groups in total. The van der Waals surface area contributed by atoms with Crippen LogP contribution in [0.5, 0.6) is 5.75 Å². The summed E-state index contributed by atoms with van der Waals surface area (Å²) >= 11 is 0. The minimum atomic E-state index is -0.422. The zero-order valence-electron chi connectivity index (χ0n) is 11.4. The van der Waals surface area contributed by atoms with Crippen molar-refractivity contribution < 1.29 is 14.6 Å². The van der Waals surface area contributed by atoms with Crippen LogP contribution in [0.1, 0.15) is 22.3 Å². The molecular formula is C15H18N2O3. The van der Waals surface area contributed by atoms with Crippen molar-refractivity contribution in [2.24, 2.45) is 5.73 Å². The van der Waals surface area contributed by atoms with E-state index in [0.717, 1.165) is 0 Å². The lowest BCUT2D eigenvalue weighted by Crippen LogP contribution is -2.29. The number of amides is 1. The molecule has 1 amide bonds. The largest absolute Gasteiger partial charge is 0.495 e. The number of ether oxygens (including phenoxy) is 1. The van der Waals surface area contributed by atoms with Gasteiger partial charge < -0.3 is 20.5 Å². The molecule has 20 heavy (non-hydrogen) atoms. The van der Waals surface area contributed by atoms with Gasteiger partial charge in [0, 0.05) is 18.7 Å². The Hall–Kier alpha value is -2.03. The highest BCUT2D eigenvalue weighted by Crippen LogP contribution is 2.21. The first-order chi connectivity index (χ1) is 9.65. The van der Waals surface area contributed by atoms with Crippen LogP contribution in [0.4, 0.5) is 0 Å². The Morgan fingerprint density at radius 2 is 2.40 bits per heavy atom. The summed E-state index contributed by atoms with van der Waals surface area (Å²) in [6, 6.07) is 5.13. The molecule has 5 nitrogen and oxygen atoms in total. The smallest absolute Gasteiger partial charge is 0.253 e. The zero-order chi connectivity index (χ0) is 14.5. The van der Waals surface area contributed by atoms with Crippen LogP contribution in [-0.2, 0) is 0 Å². The second-order valence-electron chi connectivity index (χ2n) is 4.61. The van der Waals surface area contributed by atoms with Gasteiger partial charge in [0.2, 0.25) is 0 Å². The van der Waals surface area contributed by atoms with Crippen molar-refractivity contribution in [3.63, 3.8) is 0 Å². The molecular weight excluding hydrogens is 256 g/mol. The fourth-order valence-corrected chi connectivity index (χ4v) is 2.19. The van der Waals surface area contributed by atoms with Crippen LogP contribution in [-0.4, -0.2) is 48.8 Å². The van der Waals surface area contributed by atoms with Crippen LogP contribution in [0.15, 0.2) is 18.2 Å². The summed E-state index contributed by atoms with van der Waals surface area (Å²) in [7, 11) is 1.56. The number of rotatable bonds is 2. The van der Waals surface area contributed by atoms with Crippen molar-refractivity contribution in [3.05, 3.63) is 29.3 Å². The van der Waals surface area contributed by atoms with Gasteiger partial charge in [-0.05, 0) is 24.6 Å². The number of carbonyl (C=O) groups is 1. The van der Waals surface area contributed by atoms with Crippen LogP contribution in [0, 0.1) is 11.8 Å². The molecule has 1 aliphatic rings. The van der Waals surface area contributed by atoms with Crippen molar-refractivity contribution in [2.75, 3.05) is 26.7 Å². The molecule has 1 aromatic rings. The maximum absolute atomic E-state index is 12.3. The van der Waals surface area contributed by atoms with Gasteiger partial charge in [0.05, 0.1) is 25.3 Å². The molecule has 0 bridgehead atoms. The third-order valence-corrected chi connectivity index (χ3v) is 3.22. The Morgan fingerprint density at radius 3 is 3.00 bits per heavy atom. The standard InChI is InChI=1S/C15H18N2O3/c1-20-14-5-4-12(9-11(14)3-2-7-16)15(19)17-8-6-13(18)10-17/h4-5,9,13,18H,6-8,10,16H2,1H3. The van der Waals surface area contributed by atoms with Crippen LogP contribution >= 0.6 is 0 Å². The molecule has 1 aromatic carbocycles. The molecule has 0 saturated carbocycles. The SMILES string of the molecule is COc1ccc(C(=O)N2CCC(O)C2)cc1C#CCN. The Morgan fingerprint density at radius 1 is 1.60 bits per heavy atom. The van der Waals surface area contributed by atoms with E-state index in [9.17, 15) is 9.90 Å². The molecule has 0 spiro atoms. The van der Waals surface area contributed by atoms with Crippen LogP contribution in [0.2, 0.25) is 0 Å².